The third kappa shape index (κ3) is 3.26. The molecule has 2 aromatic heterocycles. The minimum Gasteiger partial charge on any atom is -0.326 e. The number of fused-ring (bicyclic) bond motifs is 1. The molecular formula is C20H24N3OS+. The van der Waals surface area contributed by atoms with Gasteiger partial charge in [0.25, 0.3) is 5.56 Å². The molecular weight excluding hydrogens is 330 g/mol. The molecule has 130 valence electrons. The zero-order chi connectivity index (χ0) is 17.2. The first-order valence-electron chi connectivity index (χ1n) is 9.15. The van der Waals surface area contributed by atoms with Gasteiger partial charge in [0.15, 0.2) is 5.82 Å². The molecule has 4 rings (SSSR count). The number of rotatable bonds is 3. The summed E-state index contributed by atoms with van der Waals surface area (Å²) in [5.41, 5.74) is 2.04. The van der Waals surface area contributed by atoms with Crippen molar-refractivity contribution in [3.05, 3.63) is 51.9 Å². The van der Waals surface area contributed by atoms with Crippen LogP contribution in [0.15, 0.2) is 40.5 Å². The maximum atomic E-state index is 12.8. The average molecular weight is 354 g/mol. The van der Waals surface area contributed by atoms with Crippen LogP contribution in [0.5, 0.6) is 0 Å². The second-order valence-corrected chi connectivity index (χ2v) is 7.80. The van der Waals surface area contributed by atoms with Crippen molar-refractivity contribution in [3.8, 4) is 11.1 Å². The van der Waals surface area contributed by atoms with Crippen LogP contribution in [0.1, 0.15) is 44.5 Å². The Morgan fingerprint density at radius 3 is 2.56 bits per heavy atom. The van der Waals surface area contributed by atoms with Crippen molar-refractivity contribution in [1.29, 1.82) is 0 Å². The van der Waals surface area contributed by atoms with E-state index in [0.717, 1.165) is 27.2 Å². The van der Waals surface area contributed by atoms with E-state index in [9.17, 15) is 4.79 Å². The Morgan fingerprint density at radius 2 is 1.84 bits per heavy atom. The Bertz CT molecular complexity index is 908. The standard InChI is InChI=1S/C20H23N3OS/c1-14(23-11-7-2-3-8-12-23)18-21-19(24)17-16(13-25-20(17)22-18)15-9-5-4-6-10-15/h4-6,9-10,13-14H,2-3,7-8,11-12H2,1H3,(H,21,22,24)/p+1/t14-/m1/s1. The number of aromatic nitrogens is 2. The van der Waals surface area contributed by atoms with Crippen molar-refractivity contribution < 1.29 is 4.90 Å². The summed E-state index contributed by atoms with van der Waals surface area (Å²) in [6.07, 6.45) is 5.18. The van der Waals surface area contributed by atoms with E-state index in [4.69, 9.17) is 4.98 Å². The van der Waals surface area contributed by atoms with Crippen molar-refractivity contribution in [1.82, 2.24) is 9.97 Å². The van der Waals surface area contributed by atoms with Crippen LogP contribution in [-0.4, -0.2) is 23.1 Å². The number of H-pyrrole nitrogens is 1. The van der Waals surface area contributed by atoms with Crippen LogP contribution in [0.25, 0.3) is 21.3 Å². The highest BCUT2D eigenvalue weighted by Gasteiger charge is 2.24. The summed E-state index contributed by atoms with van der Waals surface area (Å²) >= 11 is 1.56. The lowest BCUT2D eigenvalue weighted by Gasteiger charge is -2.23. The summed E-state index contributed by atoms with van der Waals surface area (Å²) in [6.45, 7) is 4.53. The molecule has 1 aliphatic rings. The molecule has 2 N–H and O–H groups in total. The van der Waals surface area contributed by atoms with Gasteiger partial charge >= 0.3 is 0 Å². The monoisotopic (exact) mass is 354 g/mol. The van der Waals surface area contributed by atoms with Gasteiger partial charge in [-0.15, -0.1) is 11.3 Å². The molecule has 4 nitrogen and oxygen atoms in total. The predicted molar refractivity (Wildman–Crippen MR) is 103 cm³/mol. The fraction of sp³-hybridized carbons (Fsp3) is 0.400. The van der Waals surface area contributed by atoms with Crippen molar-refractivity contribution in [3.63, 3.8) is 0 Å². The third-order valence-electron chi connectivity index (χ3n) is 5.32. The Balaban J connectivity index is 1.72. The fourth-order valence-corrected chi connectivity index (χ4v) is 4.76. The molecule has 1 aliphatic heterocycles. The highest BCUT2D eigenvalue weighted by atomic mass is 32.1. The molecule has 3 heterocycles. The van der Waals surface area contributed by atoms with Crippen molar-refractivity contribution >= 4 is 21.6 Å². The van der Waals surface area contributed by atoms with Gasteiger partial charge < -0.3 is 9.88 Å². The second-order valence-electron chi connectivity index (χ2n) is 6.94. The lowest BCUT2D eigenvalue weighted by atomic mass is 10.1. The van der Waals surface area contributed by atoms with Crippen LogP contribution >= 0.6 is 11.3 Å². The number of nitrogens with one attached hydrogen (secondary N) is 2. The number of likely N-dealkylation sites (tertiary alicyclic amines) is 1. The van der Waals surface area contributed by atoms with Gasteiger partial charge in [-0.05, 0) is 38.2 Å². The van der Waals surface area contributed by atoms with Gasteiger partial charge in [0.2, 0.25) is 0 Å². The van der Waals surface area contributed by atoms with Crippen LogP contribution in [0, 0.1) is 0 Å². The summed E-state index contributed by atoms with van der Waals surface area (Å²) in [4.78, 5) is 23.1. The van der Waals surface area contributed by atoms with Gasteiger partial charge in [-0.25, -0.2) is 4.98 Å². The first-order valence-corrected chi connectivity index (χ1v) is 10.0. The number of hydrogen-bond donors (Lipinski definition) is 2. The first-order chi connectivity index (χ1) is 12.2. The molecule has 1 aromatic carbocycles. The number of hydrogen-bond acceptors (Lipinski definition) is 3. The van der Waals surface area contributed by atoms with E-state index in [1.165, 1.54) is 38.8 Å². The van der Waals surface area contributed by atoms with E-state index in [0.29, 0.717) is 0 Å². The summed E-state index contributed by atoms with van der Waals surface area (Å²) in [5, 5.41) is 2.77. The molecule has 1 atom stereocenters. The minimum atomic E-state index is -0.0128. The lowest BCUT2D eigenvalue weighted by molar-refractivity contribution is -0.929. The Kier molecular flexibility index (Phi) is 4.68. The van der Waals surface area contributed by atoms with Gasteiger partial charge in [-0.1, -0.05) is 30.3 Å². The number of nitrogens with zero attached hydrogens (tertiary/aromatic N) is 1. The fourth-order valence-electron chi connectivity index (χ4n) is 3.81. The van der Waals surface area contributed by atoms with Crippen LogP contribution in [-0.2, 0) is 0 Å². The third-order valence-corrected chi connectivity index (χ3v) is 6.19. The number of benzene rings is 1. The summed E-state index contributed by atoms with van der Waals surface area (Å²) in [5.74, 6) is 0.830. The van der Waals surface area contributed by atoms with Crippen molar-refractivity contribution in [2.24, 2.45) is 0 Å². The zero-order valence-electron chi connectivity index (χ0n) is 14.5. The highest BCUT2D eigenvalue weighted by molar-refractivity contribution is 7.17. The van der Waals surface area contributed by atoms with E-state index >= 15 is 0 Å². The van der Waals surface area contributed by atoms with Gasteiger partial charge in [-0.3, -0.25) is 4.79 Å². The van der Waals surface area contributed by atoms with Crippen molar-refractivity contribution in [2.45, 2.75) is 38.6 Å². The Morgan fingerprint density at radius 1 is 1.12 bits per heavy atom. The molecule has 0 radical (unpaired) electrons. The Hall–Kier alpha value is -1.98. The summed E-state index contributed by atoms with van der Waals surface area (Å²) < 4.78 is 0. The normalized spacial score (nSPS) is 17.5. The first kappa shape index (κ1) is 16.5. The van der Waals surface area contributed by atoms with E-state index < -0.39 is 0 Å². The van der Waals surface area contributed by atoms with E-state index in [1.807, 2.05) is 30.3 Å². The van der Waals surface area contributed by atoms with Crippen LogP contribution in [0.3, 0.4) is 0 Å². The molecule has 1 fully saturated rings. The van der Waals surface area contributed by atoms with E-state index in [1.54, 1.807) is 16.2 Å². The minimum absolute atomic E-state index is 0.0128. The molecule has 1 saturated heterocycles. The van der Waals surface area contributed by atoms with Crippen LogP contribution in [0.4, 0.5) is 0 Å². The second kappa shape index (κ2) is 7.10. The quantitative estimate of drug-likeness (QED) is 0.759. The maximum absolute atomic E-state index is 12.8. The molecule has 0 unspecified atom stereocenters. The van der Waals surface area contributed by atoms with Gasteiger partial charge in [0.1, 0.15) is 10.9 Å². The van der Waals surface area contributed by atoms with E-state index in [-0.39, 0.29) is 11.6 Å². The summed E-state index contributed by atoms with van der Waals surface area (Å²) in [6, 6.07) is 10.3. The molecule has 0 saturated carbocycles. The largest absolute Gasteiger partial charge is 0.326 e. The van der Waals surface area contributed by atoms with Gasteiger partial charge in [-0.2, -0.15) is 0 Å². The number of thiophene rings is 1. The molecule has 0 bridgehead atoms. The Labute approximate surface area is 151 Å². The molecule has 25 heavy (non-hydrogen) atoms. The molecule has 3 aromatic rings. The van der Waals surface area contributed by atoms with Gasteiger partial charge in [0, 0.05) is 10.9 Å². The number of quaternary nitrogens is 1. The smallest absolute Gasteiger partial charge is 0.260 e. The predicted octanol–water partition coefficient (Wildman–Crippen LogP) is 3.17. The molecule has 0 spiro atoms. The molecule has 0 amide bonds. The zero-order valence-corrected chi connectivity index (χ0v) is 15.4. The van der Waals surface area contributed by atoms with E-state index in [2.05, 4.69) is 17.3 Å². The molecule has 5 heteroatoms. The van der Waals surface area contributed by atoms with Crippen molar-refractivity contribution in [2.75, 3.05) is 13.1 Å². The van der Waals surface area contributed by atoms with Gasteiger partial charge in [0.05, 0.1) is 18.5 Å². The van der Waals surface area contributed by atoms with Crippen LogP contribution in [0.2, 0.25) is 0 Å². The average Bonchev–Trinajstić information content (AvgIpc) is 2.89. The lowest BCUT2D eigenvalue weighted by Crippen LogP contribution is -3.11. The number of aromatic amines is 1. The SMILES string of the molecule is C[C@H](c1nc2scc(-c3ccccc3)c2c(=O)[nH]1)[NH+]1CCCCCC1. The molecule has 0 aliphatic carbocycles. The highest BCUT2D eigenvalue weighted by Crippen LogP contribution is 2.30. The topological polar surface area (TPSA) is 50.2 Å². The summed E-state index contributed by atoms with van der Waals surface area (Å²) in [7, 11) is 0. The maximum Gasteiger partial charge on any atom is 0.260 e. The van der Waals surface area contributed by atoms with Crippen LogP contribution < -0.4 is 10.5 Å².